The number of carbonyl (C=O) groups excluding carboxylic acids is 2. The number of hydrogen-bond donors (Lipinski definition) is 1. The molecule has 0 aliphatic carbocycles. The Kier molecular flexibility index (Phi) is 6.86. The maximum Gasteiger partial charge on any atom is 0.251 e. The molecule has 0 saturated carbocycles. The van der Waals surface area contributed by atoms with Crippen LogP contribution in [0.15, 0.2) is 24.3 Å². The molecule has 0 aliphatic rings. The van der Waals surface area contributed by atoms with Crippen molar-refractivity contribution in [3.8, 4) is 0 Å². The zero-order valence-corrected chi connectivity index (χ0v) is 11.9. The van der Waals surface area contributed by atoms with Crippen molar-refractivity contribution >= 4 is 11.7 Å². The third-order valence-electron chi connectivity index (χ3n) is 3.10. The molecule has 0 unspecified atom stereocenters. The number of unbranched alkanes of at least 4 members (excludes halogenated alkanes) is 4. The summed E-state index contributed by atoms with van der Waals surface area (Å²) in [4.78, 5) is 23.1. The van der Waals surface area contributed by atoms with Gasteiger partial charge >= 0.3 is 0 Å². The monoisotopic (exact) mass is 261 g/mol. The van der Waals surface area contributed by atoms with Gasteiger partial charge in [-0.15, -0.1) is 0 Å². The van der Waals surface area contributed by atoms with E-state index in [9.17, 15) is 9.59 Å². The summed E-state index contributed by atoms with van der Waals surface area (Å²) in [7, 11) is 0. The topological polar surface area (TPSA) is 46.2 Å². The van der Waals surface area contributed by atoms with Crippen LogP contribution in [0.5, 0.6) is 0 Å². The number of amides is 1. The van der Waals surface area contributed by atoms with Gasteiger partial charge in [0, 0.05) is 17.7 Å². The first kappa shape index (κ1) is 15.4. The van der Waals surface area contributed by atoms with Gasteiger partial charge in [-0.2, -0.15) is 0 Å². The minimum Gasteiger partial charge on any atom is -0.352 e. The molecule has 0 spiro atoms. The van der Waals surface area contributed by atoms with Gasteiger partial charge in [0.25, 0.3) is 5.91 Å². The van der Waals surface area contributed by atoms with E-state index in [0.717, 1.165) is 12.8 Å². The Morgan fingerprint density at radius 1 is 1.05 bits per heavy atom. The summed E-state index contributed by atoms with van der Waals surface area (Å²) in [6, 6.07) is 6.85. The predicted octanol–water partition coefficient (Wildman–Crippen LogP) is 3.59. The molecule has 1 aromatic rings. The molecule has 1 N–H and O–H groups in total. The van der Waals surface area contributed by atoms with Gasteiger partial charge in [-0.1, -0.05) is 44.7 Å². The van der Waals surface area contributed by atoms with Crippen molar-refractivity contribution in [2.75, 3.05) is 6.54 Å². The number of ketones is 1. The average molecular weight is 261 g/mol. The van der Waals surface area contributed by atoms with E-state index in [4.69, 9.17) is 0 Å². The maximum absolute atomic E-state index is 11.9. The lowest BCUT2D eigenvalue weighted by atomic mass is 10.1. The fraction of sp³-hybridized carbons (Fsp3) is 0.500. The fourth-order valence-corrected chi connectivity index (χ4v) is 1.91. The number of rotatable bonds is 8. The molecule has 1 aromatic carbocycles. The molecular weight excluding hydrogens is 238 g/mol. The molecule has 0 atom stereocenters. The third kappa shape index (κ3) is 5.69. The van der Waals surface area contributed by atoms with Crippen LogP contribution in [-0.4, -0.2) is 18.2 Å². The molecule has 0 heterocycles. The van der Waals surface area contributed by atoms with Crippen molar-refractivity contribution < 1.29 is 9.59 Å². The zero-order valence-electron chi connectivity index (χ0n) is 11.9. The van der Waals surface area contributed by atoms with Gasteiger partial charge in [0.05, 0.1) is 0 Å². The van der Waals surface area contributed by atoms with Gasteiger partial charge in [-0.3, -0.25) is 9.59 Å². The Balaban J connectivity index is 2.37. The van der Waals surface area contributed by atoms with Crippen LogP contribution in [-0.2, 0) is 0 Å². The molecule has 3 heteroatoms. The second-order valence-corrected chi connectivity index (χ2v) is 4.81. The van der Waals surface area contributed by atoms with Crippen LogP contribution < -0.4 is 5.32 Å². The highest BCUT2D eigenvalue weighted by Crippen LogP contribution is 2.06. The predicted molar refractivity (Wildman–Crippen MR) is 77.5 cm³/mol. The Morgan fingerprint density at radius 2 is 1.74 bits per heavy atom. The lowest BCUT2D eigenvalue weighted by Crippen LogP contribution is -2.24. The Hall–Kier alpha value is -1.64. The van der Waals surface area contributed by atoms with Crippen LogP contribution in [0.2, 0.25) is 0 Å². The summed E-state index contributed by atoms with van der Waals surface area (Å²) < 4.78 is 0. The summed E-state index contributed by atoms with van der Waals surface area (Å²) >= 11 is 0. The van der Waals surface area contributed by atoms with Crippen LogP contribution in [0.3, 0.4) is 0 Å². The lowest BCUT2D eigenvalue weighted by Gasteiger charge is -2.06. The molecule has 1 rings (SSSR count). The molecule has 0 aliphatic heterocycles. The Labute approximate surface area is 115 Å². The van der Waals surface area contributed by atoms with Gasteiger partial charge in [0.2, 0.25) is 0 Å². The maximum atomic E-state index is 11.9. The smallest absolute Gasteiger partial charge is 0.251 e. The van der Waals surface area contributed by atoms with Crippen molar-refractivity contribution in [3.63, 3.8) is 0 Å². The van der Waals surface area contributed by atoms with Crippen molar-refractivity contribution in [1.29, 1.82) is 0 Å². The zero-order chi connectivity index (χ0) is 14.1. The van der Waals surface area contributed by atoms with E-state index in [2.05, 4.69) is 12.2 Å². The highest BCUT2D eigenvalue weighted by molar-refractivity contribution is 5.99. The van der Waals surface area contributed by atoms with Crippen LogP contribution in [0.1, 0.15) is 66.7 Å². The standard InChI is InChI=1S/C16H23NO2/c1-3-4-5-6-7-11-17-16(19)15-10-8-9-14(12-15)13(2)18/h8-10,12H,3-7,11H2,1-2H3,(H,17,19). The van der Waals surface area contributed by atoms with E-state index < -0.39 is 0 Å². The summed E-state index contributed by atoms with van der Waals surface area (Å²) in [5.74, 6) is -0.118. The molecule has 0 saturated heterocycles. The first-order valence-electron chi connectivity index (χ1n) is 7.04. The van der Waals surface area contributed by atoms with Crippen LogP contribution >= 0.6 is 0 Å². The van der Waals surface area contributed by atoms with Gasteiger partial charge in [-0.25, -0.2) is 0 Å². The highest BCUT2D eigenvalue weighted by Gasteiger charge is 2.07. The van der Waals surface area contributed by atoms with Crippen molar-refractivity contribution in [2.24, 2.45) is 0 Å². The summed E-state index contributed by atoms with van der Waals surface area (Å²) in [6.07, 6.45) is 5.88. The van der Waals surface area contributed by atoms with E-state index in [0.29, 0.717) is 17.7 Å². The molecule has 0 bridgehead atoms. The first-order valence-corrected chi connectivity index (χ1v) is 7.04. The number of hydrogen-bond acceptors (Lipinski definition) is 2. The quantitative estimate of drug-likeness (QED) is 0.574. The number of benzene rings is 1. The number of carbonyl (C=O) groups is 2. The normalized spacial score (nSPS) is 10.2. The van der Waals surface area contributed by atoms with Crippen molar-refractivity contribution in [2.45, 2.75) is 46.0 Å². The second-order valence-electron chi connectivity index (χ2n) is 4.81. The second kappa shape index (κ2) is 8.46. The number of Topliss-reactive ketones (excluding diaryl/α,β-unsaturated/α-hetero) is 1. The van der Waals surface area contributed by atoms with Crippen molar-refractivity contribution in [3.05, 3.63) is 35.4 Å². The molecule has 0 aromatic heterocycles. The van der Waals surface area contributed by atoms with E-state index in [1.165, 1.54) is 26.2 Å². The van der Waals surface area contributed by atoms with E-state index in [1.54, 1.807) is 24.3 Å². The van der Waals surface area contributed by atoms with Crippen LogP contribution in [0.25, 0.3) is 0 Å². The Morgan fingerprint density at radius 3 is 2.42 bits per heavy atom. The van der Waals surface area contributed by atoms with E-state index >= 15 is 0 Å². The largest absolute Gasteiger partial charge is 0.352 e. The number of nitrogens with one attached hydrogen (secondary N) is 1. The van der Waals surface area contributed by atoms with Crippen LogP contribution in [0.4, 0.5) is 0 Å². The molecule has 0 fully saturated rings. The third-order valence-corrected chi connectivity index (χ3v) is 3.10. The molecular formula is C16H23NO2. The summed E-state index contributed by atoms with van der Waals surface area (Å²) in [5, 5.41) is 2.89. The van der Waals surface area contributed by atoms with Gasteiger partial charge in [0.15, 0.2) is 5.78 Å². The molecule has 1 amide bonds. The fourth-order valence-electron chi connectivity index (χ4n) is 1.91. The van der Waals surface area contributed by atoms with Gasteiger partial charge in [0.1, 0.15) is 0 Å². The first-order chi connectivity index (χ1) is 9.15. The average Bonchev–Trinajstić information content (AvgIpc) is 2.42. The lowest BCUT2D eigenvalue weighted by molar-refractivity contribution is 0.0953. The van der Waals surface area contributed by atoms with Crippen LogP contribution in [0, 0.1) is 0 Å². The SMILES string of the molecule is CCCCCCCNC(=O)c1cccc(C(C)=O)c1. The van der Waals surface area contributed by atoms with E-state index in [1.807, 2.05) is 0 Å². The Bertz CT molecular complexity index is 427. The summed E-state index contributed by atoms with van der Waals surface area (Å²) in [5.41, 5.74) is 1.14. The summed E-state index contributed by atoms with van der Waals surface area (Å²) in [6.45, 7) is 4.39. The molecule has 3 nitrogen and oxygen atoms in total. The molecule has 19 heavy (non-hydrogen) atoms. The minimum atomic E-state index is -0.0985. The minimum absolute atomic E-state index is 0.0192. The highest BCUT2D eigenvalue weighted by atomic mass is 16.1. The van der Waals surface area contributed by atoms with Gasteiger partial charge in [-0.05, 0) is 25.5 Å². The van der Waals surface area contributed by atoms with Gasteiger partial charge < -0.3 is 5.32 Å². The molecule has 0 radical (unpaired) electrons. The molecule has 104 valence electrons. The van der Waals surface area contributed by atoms with E-state index in [-0.39, 0.29) is 11.7 Å². The van der Waals surface area contributed by atoms with Crippen molar-refractivity contribution in [1.82, 2.24) is 5.32 Å².